The summed E-state index contributed by atoms with van der Waals surface area (Å²) in [6.45, 7) is 0.644. The Morgan fingerprint density at radius 2 is 2.08 bits per heavy atom. The second-order valence-corrected chi connectivity index (χ2v) is 6.27. The van der Waals surface area contributed by atoms with Gasteiger partial charge in [0.15, 0.2) is 4.77 Å². The summed E-state index contributed by atoms with van der Waals surface area (Å²) in [7, 11) is 1.69. The average molecular weight is 354 g/mol. The lowest BCUT2D eigenvalue weighted by atomic mass is 10.1. The zero-order chi connectivity index (χ0) is 17.8. The Morgan fingerprint density at radius 1 is 1.24 bits per heavy atom. The molecule has 3 rings (SSSR count). The van der Waals surface area contributed by atoms with E-state index in [9.17, 15) is 9.59 Å². The molecule has 6 nitrogen and oxygen atoms in total. The molecule has 0 atom stereocenters. The van der Waals surface area contributed by atoms with E-state index in [1.807, 2.05) is 29.0 Å². The van der Waals surface area contributed by atoms with Crippen molar-refractivity contribution < 1.29 is 0 Å². The largest absolute Gasteiger partial charge is 0.325 e. The molecule has 0 aliphatic carbocycles. The lowest BCUT2D eigenvalue weighted by molar-refractivity contribution is 0.654. The van der Waals surface area contributed by atoms with Crippen molar-refractivity contribution in [3.05, 3.63) is 91.2 Å². The van der Waals surface area contributed by atoms with E-state index in [-0.39, 0.29) is 11.1 Å². The molecule has 0 aliphatic rings. The fourth-order valence-electron chi connectivity index (χ4n) is 2.56. The van der Waals surface area contributed by atoms with Gasteiger partial charge in [0.25, 0.3) is 11.1 Å². The summed E-state index contributed by atoms with van der Waals surface area (Å²) in [4.78, 5) is 30.7. The Bertz CT molecular complexity index is 1050. The third kappa shape index (κ3) is 4.19. The number of hydrogen-bond acceptors (Lipinski definition) is 4. The van der Waals surface area contributed by atoms with Crippen molar-refractivity contribution in [1.82, 2.24) is 19.1 Å². The molecule has 0 amide bonds. The van der Waals surface area contributed by atoms with Crippen LogP contribution in [0.4, 0.5) is 0 Å². The molecular weight excluding hydrogens is 336 g/mol. The van der Waals surface area contributed by atoms with E-state index in [1.165, 1.54) is 4.57 Å². The van der Waals surface area contributed by atoms with E-state index in [4.69, 9.17) is 12.2 Å². The van der Waals surface area contributed by atoms with Gasteiger partial charge in [0, 0.05) is 56.4 Å². The minimum absolute atomic E-state index is 0.0988. The van der Waals surface area contributed by atoms with Crippen LogP contribution in [-0.4, -0.2) is 19.1 Å². The zero-order valence-corrected chi connectivity index (χ0v) is 14.6. The monoisotopic (exact) mass is 354 g/mol. The SMILES string of the molecule is Cn1ccc(Cc2cn(CCc3cccnc3)c(=S)[nH]c2=O)cc1=O. The predicted octanol–water partition coefficient (Wildman–Crippen LogP) is 1.83. The lowest BCUT2D eigenvalue weighted by Gasteiger charge is -2.09. The highest BCUT2D eigenvalue weighted by Crippen LogP contribution is 2.05. The van der Waals surface area contributed by atoms with E-state index >= 15 is 0 Å². The summed E-state index contributed by atoms with van der Waals surface area (Å²) in [5.41, 5.74) is 2.16. The van der Waals surface area contributed by atoms with Crippen molar-refractivity contribution in [3.8, 4) is 0 Å². The lowest BCUT2D eigenvalue weighted by Crippen LogP contribution is -2.20. The van der Waals surface area contributed by atoms with Crippen LogP contribution in [0.1, 0.15) is 16.7 Å². The number of rotatable bonds is 5. The number of nitrogens with zero attached hydrogens (tertiary/aromatic N) is 3. The molecule has 0 radical (unpaired) electrons. The average Bonchev–Trinajstić information content (AvgIpc) is 2.60. The zero-order valence-electron chi connectivity index (χ0n) is 13.8. The van der Waals surface area contributed by atoms with E-state index in [0.717, 1.165) is 17.5 Å². The van der Waals surface area contributed by atoms with Gasteiger partial charge in [0.05, 0.1) is 0 Å². The van der Waals surface area contributed by atoms with E-state index < -0.39 is 0 Å². The van der Waals surface area contributed by atoms with Crippen molar-refractivity contribution in [2.24, 2.45) is 7.05 Å². The Labute approximate surface area is 149 Å². The first-order chi connectivity index (χ1) is 12.0. The highest BCUT2D eigenvalue weighted by molar-refractivity contribution is 7.71. The molecule has 0 bridgehead atoms. The summed E-state index contributed by atoms with van der Waals surface area (Å²) in [5, 5.41) is 0. The fourth-order valence-corrected chi connectivity index (χ4v) is 2.80. The Hall–Kier alpha value is -2.80. The molecular formula is C18H18N4O2S. The number of nitrogens with one attached hydrogen (secondary N) is 1. The highest BCUT2D eigenvalue weighted by atomic mass is 32.1. The third-order valence-electron chi connectivity index (χ3n) is 4.01. The van der Waals surface area contributed by atoms with Crippen LogP contribution in [0.2, 0.25) is 0 Å². The van der Waals surface area contributed by atoms with Crippen molar-refractivity contribution in [1.29, 1.82) is 0 Å². The number of aryl methyl sites for hydroxylation is 3. The van der Waals surface area contributed by atoms with Gasteiger partial charge in [-0.3, -0.25) is 19.6 Å². The third-order valence-corrected chi connectivity index (χ3v) is 4.35. The van der Waals surface area contributed by atoms with Gasteiger partial charge in [0.2, 0.25) is 0 Å². The van der Waals surface area contributed by atoms with Crippen molar-refractivity contribution in [3.63, 3.8) is 0 Å². The molecule has 0 aliphatic heterocycles. The molecule has 7 heteroatoms. The number of aromatic nitrogens is 4. The van der Waals surface area contributed by atoms with E-state index in [0.29, 0.717) is 23.3 Å². The molecule has 0 fully saturated rings. The molecule has 0 unspecified atom stereocenters. The normalized spacial score (nSPS) is 10.8. The minimum atomic E-state index is -0.219. The Balaban J connectivity index is 1.85. The maximum Gasteiger partial charge on any atom is 0.255 e. The van der Waals surface area contributed by atoms with E-state index in [2.05, 4.69) is 9.97 Å². The summed E-state index contributed by atoms with van der Waals surface area (Å²) < 4.78 is 3.73. The highest BCUT2D eigenvalue weighted by Gasteiger charge is 2.06. The van der Waals surface area contributed by atoms with Crippen LogP contribution in [0.15, 0.2) is 58.6 Å². The van der Waals surface area contributed by atoms with Crippen LogP contribution >= 0.6 is 12.2 Å². The Morgan fingerprint density at radius 3 is 2.80 bits per heavy atom. The quantitative estimate of drug-likeness (QED) is 0.710. The maximum absolute atomic E-state index is 12.2. The summed E-state index contributed by atoms with van der Waals surface area (Å²) in [6.07, 6.45) is 8.17. The number of H-pyrrole nitrogens is 1. The van der Waals surface area contributed by atoms with Crippen LogP contribution in [0.25, 0.3) is 0 Å². The second kappa shape index (κ2) is 7.40. The van der Waals surface area contributed by atoms with Crippen molar-refractivity contribution >= 4 is 12.2 Å². The van der Waals surface area contributed by atoms with Gasteiger partial charge in [-0.05, 0) is 41.9 Å². The van der Waals surface area contributed by atoms with Crippen LogP contribution in [0, 0.1) is 4.77 Å². The summed E-state index contributed by atoms with van der Waals surface area (Å²) in [6, 6.07) is 7.27. The van der Waals surface area contributed by atoms with Crippen LogP contribution in [0.5, 0.6) is 0 Å². The molecule has 3 aromatic heterocycles. The number of aromatic amines is 1. The topological polar surface area (TPSA) is 72.7 Å². The molecule has 0 spiro atoms. The van der Waals surface area contributed by atoms with Crippen molar-refractivity contribution in [2.75, 3.05) is 0 Å². The van der Waals surface area contributed by atoms with Gasteiger partial charge >= 0.3 is 0 Å². The summed E-state index contributed by atoms with van der Waals surface area (Å²) in [5.74, 6) is 0. The van der Waals surface area contributed by atoms with Gasteiger partial charge in [-0.15, -0.1) is 0 Å². The molecule has 0 saturated heterocycles. The minimum Gasteiger partial charge on any atom is -0.325 e. The first kappa shape index (κ1) is 17.0. The Kier molecular flexibility index (Phi) is 5.04. The first-order valence-electron chi connectivity index (χ1n) is 7.90. The van der Waals surface area contributed by atoms with Crippen LogP contribution in [-0.2, 0) is 26.4 Å². The van der Waals surface area contributed by atoms with E-state index in [1.54, 1.807) is 31.7 Å². The van der Waals surface area contributed by atoms with Crippen LogP contribution < -0.4 is 11.1 Å². The second-order valence-electron chi connectivity index (χ2n) is 5.88. The van der Waals surface area contributed by atoms with Gasteiger partial charge in [-0.1, -0.05) is 6.07 Å². The molecule has 128 valence electrons. The van der Waals surface area contributed by atoms with Gasteiger partial charge in [-0.25, -0.2) is 0 Å². The molecule has 1 N–H and O–H groups in total. The van der Waals surface area contributed by atoms with Gasteiger partial charge in [-0.2, -0.15) is 0 Å². The van der Waals surface area contributed by atoms with Crippen LogP contribution in [0.3, 0.4) is 0 Å². The van der Waals surface area contributed by atoms with Gasteiger partial charge < -0.3 is 9.13 Å². The number of pyridine rings is 2. The first-order valence-corrected chi connectivity index (χ1v) is 8.31. The molecule has 0 aromatic carbocycles. The predicted molar refractivity (Wildman–Crippen MR) is 98.3 cm³/mol. The molecule has 25 heavy (non-hydrogen) atoms. The molecule has 0 saturated carbocycles. The smallest absolute Gasteiger partial charge is 0.255 e. The molecule has 3 heterocycles. The maximum atomic E-state index is 12.2. The fraction of sp³-hybridized carbons (Fsp3) is 0.222. The van der Waals surface area contributed by atoms with Crippen molar-refractivity contribution in [2.45, 2.75) is 19.4 Å². The van der Waals surface area contributed by atoms with Gasteiger partial charge in [0.1, 0.15) is 0 Å². The summed E-state index contributed by atoms with van der Waals surface area (Å²) >= 11 is 5.26. The molecule has 3 aromatic rings. The standard InChI is InChI=1S/C18H18N4O2S/c1-21-7-4-14(10-16(21)23)9-15-12-22(18(25)20-17(15)24)8-5-13-3-2-6-19-11-13/h2-4,6-7,10-12H,5,8-9H2,1H3,(H,20,24,25). The number of hydrogen-bond donors (Lipinski definition) is 1.